The molecule has 0 N–H and O–H groups in total. The second kappa shape index (κ2) is 7.48. The fourth-order valence-electron chi connectivity index (χ4n) is 3.07. The molecule has 1 fully saturated rings. The predicted molar refractivity (Wildman–Crippen MR) is 104 cm³/mol. The van der Waals surface area contributed by atoms with Gasteiger partial charge in [0.05, 0.1) is 4.88 Å². The third-order valence-electron chi connectivity index (χ3n) is 4.62. The number of piperazine rings is 1. The van der Waals surface area contributed by atoms with E-state index in [0.717, 1.165) is 34.2 Å². The van der Waals surface area contributed by atoms with Crippen LogP contribution in [0.2, 0.25) is 0 Å². The number of aryl methyl sites for hydroxylation is 2. The average molecular weight is 383 g/mol. The lowest BCUT2D eigenvalue weighted by molar-refractivity contribution is 0.0751. The van der Waals surface area contributed by atoms with Gasteiger partial charge in [-0.05, 0) is 31.2 Å². The number of pyridine rings is 1. The highest BCUT2D eigenvalue weighted by molar-refractivity contribution is 7.13. The minimum Gasteiger partial charge on any atom is -0.353 e. The topological polar surface area (TPSA) is 75.4 Å². The number of carbonyl (C=O) groups is 1. The van der Waals surface area contributed by atoms with Gasteiger partial charge < -0.3 is 14.3 Å². The van der Waals surface area contributed by atoms with E-state index in [-0.39, 0.29) is 5.91 Å². The fourth-order valence-corrected chi connectivity index (χ4v) is 3.90. The van der Waals surface area contributed by atoms with Crippen molar-refractivity contribution in [2.45, 2.75) is 20.3 Å². The number of hydrogen-bond acceptors (Lipinski definition) is 7. The van der Waals surface area contributed by atoms with Crippen molar-refractivity contribution >= 4 is 23.1 Å². The van der Waals surface area contributed by atoms with Gasteiger partial charge in [-0.25, -0.2) is 4.98 Å². The molecule has 0 radical (unpaired) electrons. The van der Waals surface area contributed by atoms with Crippen molar-refractivity contribution in [3.63, 3.8) is 0 Å². The van der Waals surface area contributed by atoms with Crippen LogP contribution in [0.15, 0.2) is 35.0 Å². The summed E-state index contributed by atoms with van der Waals surface area (Å²) in [4.78, 5) is 27.5. The third kappa shape index (κ3) is 3.71. The highest BCUT2D eigenvalue weighted by atomic mass is 32.1. The summed E-state index contributed by atoms with van der Waals surface area (Å²) >= 11 is 1.55. The molecule has 0 spiro atoms. The lowest BCUT2D eigenvalue weighted by Gasteiger charge is -2.35. The van der Waals surface area contributed by atoms with Crippen molar-refractivity contribution < 1.29 is 9.32 Å². The quantitative estimate of drug-likeness (QED) is 0.689. The normalized spacial score (nSPS) is 14.6. The standard InChI is InChI=1S/C19H21N5O2S/c1-3-17-21-18(22-26-17)14-5-7-16(20-12-14)23-8-10-24(11-9-23)19(25)15-6-4-13(2)27-15/h4-7,12H,3,8-11H2,1-2H3. The van der Waals surface area contributed by atoms with Crippen LogP contribution in [0.1, 0.15) is 27.4 Å². The summed E-state index contributed by atoms with van der Waals surface area (Å²) in [6.07, 6.45) is 2.48. The lowest BCUT2D eigenvalue weighted by Crippen LogP contribution is -2.48. The van der Waals surface area contributed by atoms with Crippen LogP contribution >= 0.6 is 11.3 Å². The second-order valence-electron chi connectivity index (χ2n) is 6.46. The van der Waals surface area contributed by atoms with Crippen molar-refractivity contribution in [3.05, 3.63) is 46.1 Å². The molecule has 1 saturated heterocycles. The minimum atomic E-state index is 0.125. The summed E-state index contributed by atoms with van der Waals surface area (Å²) in [6, 6.07) is 7.83. The number of rotatable bonds is 4. The van der Waals surface area contributed by atoms with E-state index >= 15 is 0 Å². The second-order valence-corrected chi connectivity index (χ2v) is 7.75. The van der Waals surface area contributed by atoms with Crippen LogP contribution < -0.4 is 4.90 Å². The summed E-state index contributed by atoms with van der Waals surface area (Å²) < 4.78 is 5.15. The molecule has 1 aliphatic heterocycles. The number of nitrogens with zero attached hydrogens (tertiary/aromatic N) is 5. The van der Waals surface area contributed by atoms with E-state index in [9.17, 15) is 4.79 Å². The number of carbonyl (C=O) groups excluding carboxylic acids is 1. The maximum Gasteiger partial charge on any atom is 0.264 e. The Kier molecular flexibility index (Phi) is 4.89. The summed E-state index contributed by atoms with van der Waals surface area (Å²) in [6.45, 7) is 6.93. The molecule has 7 nitrogen and oxygen atoms in total. The van der Waals surface area contributed by atoms with Gasteiger partial charge in [0.15, 0.2) is 0 Å². The molecule has 0 unspecified atom stereocenters. The Bertz CT molecular complexity index is 926. The molecular formula is C19H21N5O2S. The molecule has 27 heavy (non-hydrogen) atoms. The van der Waals surface area contributed by atoms with Gasteiger partial charge in [0.1, 0.15) is 5.82 Å². The zero-order valence-corrected chi connectivity index (χ0v) is 16.2. The van der Waals surface area contributed by atoms with Gasteiger partial charge in [-0.15, -0.1) is 11.3 Å². The molecule has 4 rings (SSSR count). The summed E-state index contributed by atoms with van der Waals surface area (Å²) in [5.74, 6) is 2.21. The van der Waals surface area contributed by atoms with E-state index in [2.05, 4.69) is 20.0 Å². The van der Waals surface area contributed by atoms with Gasteiger partial charge >= 0.3 is 0 Å². The molecule has 3 aromatic rings. The van der Waals surface area contributed by atoms with Gasteiger partial charge in [-0.1, -0.05) is 12.1 Å². The largest absolute Gasteiger partial charge is 0.353 e. The van der Waals surface area contributed by atoms with E-state index in [4.69, 9.17) is 4.52 Å². The molecule has 140 valence electrons. The van der Waals surface area contributed by atoms with Gasteiger partial charge in [-0.2, -0.15) is 4.98 Å². The first kappa shape index (κ1) is 17.7. The van der Waals surface area contributed by atoms with Crippen molar-refractivity contribution in [2.24, 2.45) is 0 Å². The fraction of sp³-hybridized carbons (Fsp3) is 0.368. The van der Waals surface area contributed by atoms with Gasteiger partial charge in [0, 0.05) is 49.2 Å². The average Bonchev–Trinajstić information content (AvgIpc) is 3.37. The Morgan fingerprint density at radius 3 is 2.59 bits per heavy atom. The monoisotopic (exact) mass is 383 g/mol. The summed E-state index contributed by atoms with van der Waals surface area (Å²) in [5, 5.41) is 3.98. The number of aromatic nitrogens is 3. The first-order valence-electron chi connectivity index (χ1n) is 9.03. The number of hydrogen-bond donors (Lipinski definition) is 0. The van der Waals surface area contributed by atoms with Crippen molar-refractivity contribution in [1.29, 1.82) is 0 Å². The molecule has 4 heterocycles. The van der Waals surface area contributed by atoms with Gasteiger partial charge in [0.2, 0.25) is 11.7 Å². The minimum absolute atomic E-state index is 0.125. The van der Waals surface area contributed by atoms with Crippen LogP contribution in [-0.2, 0) is 6.42 Å². The van der Waals surface area contributed by atoms with Gasteiger partial charge in [-0.3, -0.25) is 4.79 Å². The van der Waals surface area contributed by atoms with Crippen LogP contribution in [-0.4, -0.2) is 52.1 Å². The maximum absolute atomic E-state index is 12.6. The van der Waals surface area contributed by atoms with Crippen LogP contribution in [0.25, 0.3) is 11.4 Å². The summed E-state index contributed by atoms with van der Waals surface area (Å²) in [7, 11) is 0. The summed E-state index contributed by atoms with van der Waals surface area (Å²) in [5.41, 5.74) is 0.837. The van der Waals surface area contributed by atoms with E-state index in [1.807, 2.05) is 43.0 Å². The smallest absolute Gasteiger partial charge is 0.264 e. The number of amides is 1. The first-order chi connectivity index (χ1) is 13.1. The van der Waals surface area contributed by atoms with Gasteiger partial charge in [0.25, 0.3) is 5.91 Å². The zero-order chi connectivity index (χ0) is 18.8. The zero-order valence-electron chi connectivity index (χ0n) is 15.4. The Labute approximate surface area is 161 Å². The highest BCUT2D eigenvalue weighted by Gasteiger charge is 2.23. The van der Waals surface area contributed by atoms with Crippen molar-refractivity contribution in [2.75, 3.05) is 31.1 Å². The van der Waals surface area contributed by atoms with Crippen LogP contribution in [0.5, 0.6) is 0 Å². The maximum atomic E-state index is 12.6. The molecule has 0 aliphatic carbocycles. The Morgan fingerprint density at radius 1 is 1.19 bits per heavy atom. The highest BCUT2D eigenvalue weighted by Crippen LogP contribution is 2.21. The molecule has 3 aromatic heterocycles. The Balaban J connectivity index is 1.38. The van der Waals surface area contributed by atoms with Crippen LogP contribution in [0, 0.1) is 6.92 Å². The first-order valence-corrected chi connectivity index (χ1v) is 9.85. The Hall–Kier alpha value is -2.74. The van der Waals surface area contributed by atoms with Crippen molar-refractivity contribution in [3.8, 4) is 11.4 Å². The van der Waals surface area contributed by atoms with Crippen LogP contribution in [0.3, 0.4) is 0 Å². The molecule has 0 bridgehead atoms. The molecule has 1 amide bonds. The lowest BCUT2D eigenvalue weighted by atomic mass is 10.2. The van der Waals surface area contributed by atoms with Crippen molar-refractivity contribution in [1.82, 2.24) is 20.0 Å². The van der Waals surface area contributed by atoms with E-state index < -0.39 is 0 Å². The molecule has 8 heteroatoms. The third-order valence-corrected chi connectivity index (χ3v) is 5.61. The molecular weight excluding hydrogens is 362 g/mol. The Morgan fingerprint density at radius 2 is 2.00 bits per heavy atom. The number of thiophene rings is 1. The van der Waals surface area contributed by atoms with E-state index in [1.54, 1.807) is 17.5 Å². The molecule has 0 saturated carbocycles. The SMILES string of the molecule is CCc1nc(-c2ccc(N3CCN(C(=O)c4ccc(C)s4)CC3)nc2)no1. The number of anilines is 1. The van der Waals surface area contributed by atoms with E-state index in [0.29, 0.717) is 31.2 Å². The predicted octanol–water partition coefficient (Wildman–Crippen LogP) is 3.03. The van der Waals surface area contributed by atoms with Crippen LogP contribution in [0.4, 0.5) is 5.82 Å². The molecule has 1 aliphatic rings. The molecule has 0 atom stereocenters. The molecule has 0 aromatic carbocycles. The van der Waals surface area contributed by atoms with E-state index in [1.165, 1.54) is 0 Å².